The molecule has 0 bridgehead atoms. The van der Waals surface area contributed by atoms with Crippen LogP contribution in [0.15, 0.2) is 4.52 Å². The molecule has 1 saturated heterocycles. The van der Waals surface area contributed by atoms with E-state index in [0.29, 0.717) is 18.3 Å². The smallest absolute Gasteiger partial charge is 0.229 e. The number of nitrogens with one attached hydrogen (secondary N) is 1. The van der Waals surface area contributed by atoms with E-state index < -0.39 is 0 Å². The number of hydrogen-bond donors (Lipinski definition) is 1. The van der Waals surface area contributed by atoms with Gasteiger partial charge in [-0.2, -0.15) is 4.98 Å². The highest BCUT2D eigenvalue weighted by atomic mass is 35.5. The Bertz CT molecular complexity index is 464. The molecule has 7 heteroatoms. The third kappa shape index (κ3) is 3.95. The predicted octanol–water partition coefficient (Wildman–Crippen LogP) is 2.13. The highest BCUT2D eigenvalue weighted by Crippen LogP contribution is 2.31. The molecule has 1 fully saturated rings. The Morgan fingerprint density at radius 3 is 2.76 bits per heavy atom. The Kier molecular flexibility index (Phi) is 6.61. The first-order chi connectivity index (χ1) is 9.54. The number of likely N-dealkylation sites (tertiary alicyclic amines) is 1. The van der Waals surface area contributed by atoms with E-state index in [2.05, 4.69) is 15.5 Å². The van der Waals surface area contributed by atoms with Crippen LogP contribution in [0.25, 0.3) is 0 Å². The molecule has 1 aliphatic heterocycles. The molecule has 1 amide bonds. The fourth-order valence-corrected chi connectivity index (χ4v) is 2.59. The third-order valence-corrected chi connectivity index (χ3v) is 3.72. The number of rotatable bonds is 5. The van der Waals surface area contributed by atoms with Gasteiger partial charge in [-0.3, -0.25) is 4.79 Å². The van der Waals surface area contributed by atoms with Crippen molar-refractivity contribution in [3.63, 3.8) is 0 Å². The van der Waals surface area contributed by atoms with E-state index in [1.54, 1.807) is 0 Å². The molecule has 2 heterocycles. The van der Waals surface area contributed by atoms with E-state index in [9.17, 15) is 4.79 Å². The second kappa shape index (κ2) is 7.75. The van der Waals surface area contributed by atoms with Crippen LogP contribution < -0.4 is 5.32 Å². The van der Waals surface area contributed by atoms with Crippen molar-refractivity contribution >= 4 is 18.3 Å². The molecule has 0 saturated carbocycles. The summed E-state index contributed by atoms with van der Waals surface area (Å²) in [7, 11) is 1.86. The van der Waals surface area contributed by atoms with Gasteiger partial charge in [-0.1, -0.05) is 25.9 Å². The minimum absolute atomic E-state index is 0. The van der Waals surface area contributed by atoms with Crippen LogP contribution in [0.1, 0.15) is 57.3 Å². The van der Waals surface area contributed by atoms with Gasteiger partial charge in [-0.05, 0) is 19.9 Å². The van der Waals surface area contributed by atoms with Crippen molar-refractivity contribution in [3.8, 4) is 0 Å². The molecule has 1 N–H and O–H groups in total. The predicted molar refractivity (Wildman–Crippen MR) is 82.4 cm³/mol. The quantitative estimate of drug-likeness (QED) is 0.901. The lowest BCUT2D eigenvalue weighted by Gasteiger charge is -2.25. The lowest BCUT2D eigenvalue weighted by molar-refractivity contribution is -0.136. The average Bonchev–Trinajstić information content (AvgIpc) is 3.06. The highest BCUT2D eigenvalue weighted by molar-refractivity contribution is 5.85. The van der Waals surface area contributed by atoms with Gasteiger partial charge in [0.2, 0.25) is 11.8 Å². The molecule has 1 aromatic rings. The highest BCUT2D eigenvalue weighted by Gasteiger charge is 2.35. The Labute approximate surface area is 132 Å². The summed E-state index contributed by atoms with van der Waals surface area (Å²) >= 11 is 0. The molecule has 0 spiro atoms. The van der Waals surface area contributed by atoms with Crippen molar-refractivity contribution in [1.82, 2.24) is 20.4 Å². The van der Waals surface area contributed by atoms with Crippen molar-refractivity contribution < 1.29 is 9.32 Å². The van der Waals surface area contributed by atoms with Crippen LogP contribution >= 0.6 is 12.4 Å². The topological polar surface area (TPSA) is 71.3 Å². The summed E-state index contributed by atoms with van der Waals surface area (Å²) in [5, 5.41) is 7.11. The molecule has 2 atom stereocenters. The summed E-state index contributed by atoms with van der Waals surface area (Å²) in [6.07, 6.45) is 1.91. The lowest BCUT2D eigenvalue weighted by Crippen LogP contribution is -2.38. The molecule has 0 aliphatic carbocycles. The van der Waals surface area contributed by atoms with Crippen LogP contribution in [0.4, 0.5) is 0 Å². The Hall–Kier alpha value is -1.14. The van der Waals surface area contributed by atoms with Crippen molar-refractivity contribution in [3.05, 3.63) is 11.7 Å². The normalized spacial score (nSPS) is 19.7. The van der Waals surface area contributed by atoms with Gasteiger partial charge in [0.1, 0.15) is 0 Å². The van der Waals surface area contributed by atoms with Gasteiger partial charge < -0.3 is 14.7 Å². The first kappa shape index (κ1) is 17.9. The number of nitrogens with zero attached hydrogens (tertiary/aromatic N) is 3. The molecule has 0 radical (unpaired) electrons. The van der Waals surface area contributed by atoms with E-state index >= 15 is 0 Å². The van der Waals surface area contributed by atoms with Gasteiger partial charge in [0.15, 0.2) is 5.82 Å². The second-order valence-corrected chi connectivity index (χ2v) is 5.79. The number of halogens is 1. The molecular formula is C14H25ClN4O2. The number of carbonyl (C=O) groups is 1. The van der Waals surface area contributed by atoms with E-state index in [0.717, 1.165) is 19.4 Å². The average molecular weight is 317 g/mol. The zero-order valence-corrected chi connectivity index (χ0v) is 13.9. The standard InChI is InChI=1S/C14H24N4O2.ClH/c1-9(2)13-16-12(17-20-13)11-6-5-7-18(11)14(19)10(3)8-15-4;/h9-11,15H,5-8H2,1-4H3;1H. The maximum absolute atomic E-state index is 12.5. The van der Waals surface area contributed by atoms with Crippen LogP contribution in [-0.2, 0) is 4.79 Å². The molecule has 2 unspecified atom stereocenters. The largest absolute Gasteiger partial charge is 0.339 e. The molecule has 120 valence electrons. The molecule has 6 nitrogen and oxygen atoms in total. The summed E-state index contributed by atoms with van der Waals surface area (Å²) < 4.78 is 5.26. The Morgan fingerprint density at radius 2 is 2.19 bits per heavy atom. The van der Waals surface area contributed by atoms with E-state index in [-0.39, 0.29) is 36.2 Å². The van der Waals surface area contributed by atoms with Gasteiger partial charge >= 0.3 is 0 Å². The van der Waals surface area contributed by atoms with Gasteiger partial charge in [-0.25, -0.2) is 0 Å². The summed E-state index contributed by atoms with van der Waals surface area (Å²) in [6, 6.07) is -0.0296. The number of carbonyl (C=O) groups excluding carboxylic acids is 1. The molecule has 0 aromatic carbocycles. The van der Waals surface area contributed by atoms with Crippen molar-refractivity contribution in [2.75, 3.05) is 20.1 Å². The summed E-state index contributed by atoms with van der Waals surface area (Å²) in [5.74, 6) is 1.64. The van der Waals surface area contributed by atoms with Crippen molar-refractivity contribution in [2.45, 2.75) is 45.6 Å². The first-order valence-electron chi connectivity index (χ1n) is 7.33. The van der Waals surface area contributed by atoms with Gasteiger partial charge in [0, 0.05) is 24.9 Å². The van der Waals surface area contributed by atoms with Crippen LogP contribution in [0.2, 0.25) is 0 Å². The van der Waals surface area contributed by atoms with Crippen LogP contribution in [-0.4, -0.2) is 41.1 Å². The van der Waals surface area contributed by atoms with Crippen LogP contribution in [0, 0.1) is 5.92 Å². The lowest BCUT2D eigenvalue weighted by atomic mass is 10.1. The van der Waals surface area contributed by atoms with Gasteiger partial charge in [0.05, 0.1) is 6.04 Å². The van der Waals surface area contributed by atoms with E-state index in [4.69, 9.17) is 4.52 Å². The zero-order chi connectivity index (χ0) is 14.7. The third-order valence-electron chi connectivity index (χ3n) is 3.72. The fourth-order valence-electron chi connectivity index (χ4n) is 2.59. The monoisotopic (exact) mass is 316 g/mol. The van der Waals surface area contributed by atoms with Crippen LogP contribution in [0.5, 0.6) is 0 Å². The van der Waals surface area contributed by atoms with Crippen molar-refractivity contribution in [2.24, 2.45) is 5.92 Å². The Morgan fingerprint density at radius 1 is 1.48 bits per heavy atom. The molecule has 21 heavy (non-hydrogen) atoms. The summed E-state index contributed by atoms with van der Waals surface area (Å²) in [4.78, 5) is 18.8. The number of aromatic nitrogens is 2. The molecular weight excluding hydrogens is 292 g/mol. The second-order valence-electron chi connectivity index (χ2n) is 5.79. The maximum atomic E-state index is 12.5. The SMILES string of the molecule is CNCC(C)C(=O)N1CCCC1c1noc(C(C)C)n1.Cl. The van der Waals surface area contributed by atoms with E-state index in [1.807, 2.05) is 32.7 Å². The molecule has 1 aromatic heterocycles. The van der Waals surface area contributed by atoms with Gasteiger partial charge in [0.25, 0.3) is 0 Å². The van der Waals surface area contributed by atoms with Crippen molar-refractivity contribution in [1.29, 1.82) is 0 Å². The summed E-state index contributed by atoms with van der Waals surface area (Å²) in [5.41, 5.74) is 0. The number of hydrogen-bond acceptors (Lipinski definition) is 5. The van der Waals surface area contributed by atoms with E-state index in [1.165, 1.54) is 0 Å². The Balaban J connectivity index is 0.00000220. The minimum atomic E-state index is -0.0305. The zero-order valence-electron chi connectivity index (χ0n) is 13.1. The van der Waals surface area contributed by atoms with Crippen LogP contribution in [0.3, 0.4) is 0 Å². The minimum Gasteiger partial charge on any atom is -0.339 e. The number of amides is 1. The first-order valence-corrected chi connectivity index (χ1v) is 7.33. The summed E-state index contributed by atoms with van der Waals surface area (Å²) in [6.45, 7) is 7.45. The molecule has 1 aliphatic rings. The fraction of sp³-hybridized carbons (Fsp3) is 0.786. The van der Waals surface area contributed by atoms with Gasteiger partial charge in [-0.15, -0.1) is 12.4 Å². The maximum Gasteiger partial charge on any atom is 0.229 e. The molecule has 2 rings (SSSR count).